The van der Waals surface area contributed by atoms with Crippen LogP contribution in [0.15, 0.2) is 0 Å². The van der Waals surface area contributed by atoms with Crippen molar-refractivity contribution >= 4 is 11.9 Å². The summed E-state index contributed by atoms with van der Waals surface area (Å²) >= 11 is 0. The molecule has 0 aromatic carbocycles. The Labute approximate surface area is 63.2 Å². The zero-order valence-electron chi connectivity index (χ0n) is 12.1. The van der Waals surface area contributed by atoms with Gasteiger partial charge in [0, 0.05) is 2.74 Å². The van der Waals surface area contributed by atoms with Gasteiger partial charge in [0.2, 0.25) is 5.91 Å². The summed E-state index contributed by atoms with van der Waals surface area (Å²) in [5.74, 6) is -3.95. The predicted molar refractivity (Wildman–Crippen MR) is 29.4 cm³/mol. The summed E-state index contributed by atoms with van der Waals surface area (Å²) in [6.07, 6.45) is -3.59. The van der Waals surface area contributed by atoms with Gasteiger partial charge in [-0.1, -0.05) is 0 Å². The van der Waals surface area contributed by atoms with Crippen molar-refractivity contribution in [2.24, 2.45) is 11.4 Å². The maximum absolute atomic E-state index is 11.1. The second-order valence-electron chi connectivity index (χ2n) is 1.07. The number of carboxylic acids is 1. The van der Waals surface area contributed by atoms with Crippen molar-refractivity contribution in [3.8, 4) is 0 Å². The maximum atomic E-state index is 11.1. The summed E-state index contributed by atoms with van der Waals surface area (Å²) in [5, 5.41) is 3.30. The Balaban J connectivity index is 5.63. The quantitative estimate of drug-likeness (QED) is 0.323. The third kappa shape index (κ3) is 3.48. The minimum Gasteiger partial charge on any atom is -0.480 e. The molecular weight excluding hydrogens is 130 g/mol. The summed E-state index contributed by atoms with van der Waals surface area (Å²) in [5.41, 5.74) is -1.50. The van der Waals surface area contributed by atoms with Crippen LogP contribution in [0.4, 0.5) is 0 Å². The van der Waals surface area contributed by atoms with Gasteiger partial charge in [-0.05, 0) is 0 Å². The van der Waals surface area contributed by atoms with Gasteiger partial charge in [0.25, 0.3) is 1.43 Å². The van der Waals surface area contributed by atoms with Crippen molar-refractivity contribution < 1.29 is 24.5 Å². The minimum absolute atomic E-state index is 0.732. The van der Waals surface area contributed by atoms with Crippen molar-refractivity contribution in [3.63, 3.8) is 0 Å². The van der Waals surface area contributed by atoms with Crippen LogP contribution in [0, 0.1) is 0 Å². The molecule has 0 spiro atoms. The van der Waals surface area contributed by atoms with Crippen LogP contribution in [0.1, 0.15) is 10.5 Å². The van der Waals surface area contributed by atoms with Gasteiger partial charge in [-0.3, -0.25) is 9.59 Å². The Morgan fingerprint density at radius 1 is 2.11 bits per heavy atom. The number of carbonyl (C=O) groups is 2. The molecule has 0 aromatic rings. The molecular formula is C4H8N2O3. The fourth-order valence-corrected chi connectivity index (χ4v) is 0.152. The Morgan fingerprint density at radius 3 is 3.33 bits per heavy atom. The van der Waals surface area contributed by atoms with E-state index in [1.807, 2.05) is 0 Å². The van der Waals surface area contributed by atoms with E-state index in [1.54, 1.807) is 0 Å². The van der Waals surface area contributed by atoms with E-state index in [-0.39, 0.29) is 0 Å². The lowest BCUT2D eigenvalue weighted by Gasteiger charge is -1.99. The number of carbonyl (C=O) groups excluding carboxylic acids is 1. The predicted octanol–water partition coefficient (Wildman–Crippen LogP) is -1.73. The summed E-state index contributed by atoms with van der Waals surface area (Å²) in [7, 11) is 0. The molecule has 0 radical (unpaired) electrons. The lowest BCUT2D eigenvalue weighted by Crippen LogP contribution is -2.34. The monoisotopic (exact) mass is 146 g/mol. The zero-order chi connectivity index (χ0) is 14.0. The fraction of sp³-hybridized carbons (Fsp3) is 0.500. The zero-order valence-corrected chi connectivity index (χ0v) is 4.12. The summed E-state index contributed by atoms with van der Waals surface area (Å²) in [4.78, 5) is 22.2. The van der Waals surface area contributed by atoms with Gasteiger partial charge >= 0.3 is 5.97 Å². The van der Waals surface area contributed by atoms with Gasteiger partial charge in [-0.2, -0.15) is 0 Å². The van der Waals surface area contributed by atoms with Crippen LogP contribution >= 0.6 is 0 Å². The molecule has 0 aliphatic carbocycles. The van der Waals surface area contributed by atoms with E-state index in [9.17, 15) is 9.59 Å². The standard InChI is InChI=1S/C4H8N2O3/c5-2(4(8)9)1-3(6)7/h2H,1,5H2,(H2,6,7)(H,8,9)/t2-/m0/s1/i1+1D2,2+1D,3+1,4+1,5+1,6+1/hD5. The molecule has 0 saturated carbocycles. The highest BCUT2D eigenvalue weighted by Crippen LogP contribution is 1.84. The molecule has 0 bridgehead atoms. The lowest BCUT2D eigenvalue weighted by molar-refractivity contribution is -0.140. The first-order chi connectivity index (χ1) is 7.53. The van der Waals surface area contributed by atoms with Crippen LogP contribution in [0.2, 0.25) is 5.65 Å². The molecule has 5 nitrogen and oxygen atoms in total. The molecule has 0 rings (SSSR count). The average Bonchev–Trinajstić information content (AvgIpc) is 2.24. The Morgan fingerprint density at radius 2 is 2.89 bits per heavy atom. The van der Waals surface area contributed by atoms with Crippen molar-refractivity contribution in [3.05, 3.63) is 0 Å². The summed E-state index contributed by atoms with van der Waals surface area (Å²) in [6.45, 7) is 0. The summed E-state index contributed by atoms with van der Waals surface area (Å²) in [6, 6.07) is -3.52. The van der Waals surface area contributed by atoms with E-state index in [0.29, 0.717) is 0 Å². The third-order valence-electron chi connectivity index (χ3n) is 0.419. The molecule has 5 N–H and O–H groups in total. The number of hydrogen-bond acceptors (Lipinski definition) is 4. The van der Waals surface area contributed by atoms with E-state index < -0.39 is 35.7 Å². The number of hydrogen-bond donors (Lipinski definition) is 3. The molecule has 9 heavy (non-hydrogen) atoms. The summed E-state index contributed by atoms with van der Waals surface area (Å²) < 4.78 is 54.4. The number of amides is 1. The fourth-order valence-electron chi connectivity index (χ4n) is 0.152. The van der Waals surface area contributed by atoms with Crippen LogP contribution in [0.3, 0.4) is 0 Å². The third-order valence-corrected chi connectivity index (χ3v) is 0.419. The number of nitrogens with two attached hydrogens (primary N) is 2. The molecule has 1 atom stereocenters. The van der Waals surface area contributed by atoms with E-state index in [2.05, 4.69) is 5.11 Å². The maximum Gasteiger partial charge on any atom is 0.321 e. The highest BCUT2D eigenvalue weighted by atomic mass is 16.5. The van der Waals surface area contributed by atoms with Crippen molar-refractivity contribution in [1.82, 2.24) is 0 Å². The van der Waals surface area contributed by atoms with Gasteiger partial charge in [-0.25, -0.2) is 0 Å². The molecule has 0 aliphatic rings. The first-order valence-electron chi connectivity index (χ1n) is 5.51. The van der Waals surface area contributed by atoms with E-state index in [4.69, 9.17) is 11.2 Å². The highest BCUT2D eigenvalue weighted by molar-refractivity contribution is 5.82. The van der Waals surface area contributed by atoms with Crippen LogP contribution in [-0.2, 0) is 9.59 Å². The molecule has 0 fully saturated rings. The lowest BCUT2D eigenvalue weighted by atomic mass is 11.2. The van der Waals surface area contributed by atoms with Crippen LogP contribution in [0.5, 0.6) is 0 Å². The molecule has 5 heteroatoms. The van der Waals surface area contributed by atoms with Crippen LogP contribution in [0.25, 0.3) is 1.43 Å². The first-order valence-corrected chi connectivity index (χ1v) is 1.81. The number of carboxylic acid groups (broad SMARTS) is 1. The Bertz CT molecular complexity index is 322. The average molecular weight is 146 g/mol. The van der Waals surface area contributed by atoms with E-state index >= 15 is 0 Å². The minimum atomic E-state index is -3.59. The van der Waals surface area contributed by atoms with Crippen molar-refractivity contribution in [2.45, 2.75) is 12.4 Å². The van der Waals surface area contributed by atoms with Gasteiger partial charge in [0.15, 0.2) is 2.82 Å². The molecule has 0 aromatic heterocycles. The van der Waals surface area contributed by atoms with E-state index in [1.165, 1.54) is 0 Å². The molecule has 1 amide bonds. The molecule has 52 valence electrons. The van der Waals surface area contributed by atoms with Crippen LogP contribution in [-0.4, -0.2) is 23.0 Å². The topological polar surface area (TPSA) is 106 Å². The first kappa shape index (κ1) is 1.69. The molecule has 0 unspecified atom stereocenters. The number of rotatable bonds is 4. The SMILES string of the molecule is [2H]O[13C](=O)[13C@@]([2H])([15N]([2H])[2H])[13C]([2H])([2H])[13C](=O)[15N]([2H])[2H]. The van der Waals surface area contributed by atoms with Gasteiger partial charge in [0.05, 0.1) is 7.74 Å². The molecule has 0 heterocycles. The van der Waals surface area contributed by atoms with Gasteiger partial charge in [-0.15, -0.1) is 0 Å². The smallest absolute Gasteiger partial charge is 0.321 e. The van der Waals surface area contributed by atoms with Crippen LogP contribution < -0.4 is 11.4 Å². The highest BCUT2D eigenvalue weighted by Gasteiger charge is 2.13. The van der Waals surface area contributed by atoms with Crippen molar-refractivity contribution in [1.29, 1.82) is 1.43 Å². The second-order valence-corrected chi connectivity index (χ2v) is 1.07. The molecule has 0 aliphatic heterocycles. The molecule has 0 saturated heterocycles. The van der Waals surface area contributed by atoms with Gasteiger partial charge in [0.1, 0.15) is 8.84 Å². The number of aliphatic carboxylic acids is 1. The van der Waals surface area contributed by atoms with Gasteiger partial charge < -0.3 is 16.5 Å². The Kier molecular flexibility index (Phi) is 0.571. The second kappa shape index (κ2) is 3.03. The van der Waals surface area contributed by atoms with E-state index in [0.717, 1.165) is 0 Å². The normalized spacial score (nSPS) is 29.9. The number of primary amides is 1. The largest absolute Gasteiger partial charge is 0.480 e. The van der Waals surface area contributed by atoms with Crippen molar-refractivity contribution in [2.75, 3.05) is 0 Å². The Hall–Kier alpha value is -1.10.